The summed E-state index contributed by atoms with van der Waals surface area (Å²) in [6.45, 7) is 8.88. The van der Waals surface area contributed by atoms with Crippen LogP contribution in [0, 0.1) is 5.92 Å². The summed E-state index contributed by atoms with van der Waals surface area (Å²) in [5, 5.41) is 20.3. The summed E-state index contributed by atoms with van der Waals surface area (Å²) in [7, 11) is 1.64. The summed E-state index contributed by atoms with van der Waals surface area (Å²) in [6.07, 6.45) is 0.336. The lowest BCUT2D eigenvalue weighted by molar-refractivity contribution is -0.141. The lowest BCUT2D eigenvalue weighted by Crippen LogP contribution is -2.56. The molecule has 0 bridgehead atoms. The van der Waals surface area contributed by atoms with Crippen LogP contribution < -0.4 is 32.3 Å². The number of rotatable bonds is 26. The summed E-state index contributed by atoms with van der Waals surface area (Å²) >= 11 is 1.12. The second-order valence-electron chi connectivity index (χ2n) is 13.4. The zero-order valence-electron chi connectivity index (χ0n) is 31.2. The standard InChI is InChI=1S/C33H55N7O12S/c1-19(2)29(31(49)38-21(30(34)48)15-28(46)47)39-26(44)18-37-25(43)17-36-24(42)9-14-53-22-16-27(45)40(32(22)50)12-8-23(41)35-11-7-20(3)52-13-10-33(4,5)51-6/h19-22,29H,7-18H2,1-6H3,(H2,34,48)(H,35,41)(H,36,42)(H,37,43)(H,38,49)(H,39,44)(H,46,47). The van der Waals surface area contributed by atoms with Crippen LogP contribution in [-0.2, 0) is 52.6 Å². The normalized spacial score (nSPS) is 16.1. The van der Waals surface area contributed by atoms with Crippen LogP contribution in [0.3, 0.4) is 0 Å². The van der Waals surface area contributed by atoms with Crippen molar-refractivity contribution in [2.75, 3.05) is 45.6 Å². The van der Waals surface area contributed by atoms with E-state index >= 15 is 0 Å². The Bertz CT molecular complexity index is 1330. The maximum absolute atomic E-state index is 12.8. The van der Waals surface area contributed by atoms with Crippen molar-refractivity contribution < 1.29 is 57.7 Å². The largest absolute Gasteiger partial charge is 0.481 e. The van der Waals surface area contributed by atoms with Gasteiger partial charge in [-0.1, -0.05) is 13.8 Å². The molecule has 8 amide bonds. The van der Waals surface area contributed by atoms with Gasteiger partial charge in [0.2, 0.25) is 47.3 Å². The molecule has 0 saturated carbocycles. The van der Waals surface area contributed by atoms with Crippen LogP contribution in [0.1, 0.15) is 73.1 Å². The molecule has 0 aromatic carbocycles. The molecule has 0 radical (unpaired) electrons. The molecule has 1 aliphatic heterocycles. The third kappa shape index (κ3) is 18.8. The van der Waals surface area contributed by atoms with Gasteiger partial charge in [-0.25, -0.2) is 0 Å². The van der Waals surface area contributed by atoms with E-state index < -0.39 is 90.1 Å². The van der Waals surface area contributed by atoms with Gasteiger partial charge in [-0.15, -0.1) is 11.8 Å². The van der Waals surface area contributed by atoms with E-state index in [0.717, 1.165) is 23.1 Å². The Hall–Kier alpha value is -4.30. The second kappa shape index (κ2) is 23.4. The van der Waals surface area contributed by atoms with Crippen LogP contribution in [0.25, 0.3) is 0 Å². The number of nitrogens with two attached hydrogens (primary N) is 1. The highest BCUT2D eigenvalue weighted by molar-refractivity contribution is 8.00. The van der Waals surface area contributed by atoms with Crippen molar-refractivity contribution in [1.29, 1.82) is 0 Å². The molecule has 0 aromatic heterocycles. The van der Waals surface area contributed by atoms with E-state index in [9.17, 15) is 43.2 Å². The Morgan fingerprint density at radius 1 is 0.943 bits per heavy atom. The monoisotopic (exact) mass is 773 g/mol. The highest BCUT2D eigenvalue weighted by Crippen LogP contribution is 2.26. The third-order valence-electron chi connectivity index (χ3n) is 8.14. The van der Waals surface area contributed by atoms with Gasteiger partial charge in [0.05, 0.1) is 36.5 Å². The Morgan fingerprint density at radius 3 is 2.17 bits per heavy atom. The first-order valence-corrected chi connectivity index (χ1v) is 18.3. The molecule has 0 aromatic rings. The zero-order valence-corrected chi connectivity index (χ0v) is 32.1. The van der Waals surface area contributed by atoms with Gasteiger partial charge in [-0.2, -0.15) is 0 Å². The fourth-order valence-corrected chi connectivity index (χ4v) is 5.76. The minimum absolute atomic E-state index is 0.0438. The summed E-state index contributed by atoms with van der Waals surface area (Å²) in [5.74, 6) is -6.68. The van der Waals surface area contributed by atoms with Crippen molar-refractivity contribution in [3.05, 3.63) is 0 Å². The lowest BCUT2D eigenvalue weighted by atomic mass is 10.0. The molecule has 0 aliphatic carbocycles. The number of imide groups is 1. The molecule has 4 atom stereocenters. The quantitative estimate of drug-likeness (QED) is 0.0477. The van der Waals surface area contributed by atoms with Crippen molar-refractivity contribution in [2.45, 2.75) is 102 Å². The molecule has 1 saturated heterocycles. The lowest BCUT2D eigenvalue weighted by Gasteiger charge is -2.24. The molecule has 8 N–H and O–H groups in total. The summed E-state index contributed by atoms with van der Waals surface area (Å²) in [5.41, 5.74) is 4.86. The number of hydrogen-bond acceptors (Lipinski definition) is 12. The fourth-order valence-electron chi connectivity index (χ4n) is 4.65. The molecule has 4 unspecified atom stereocenters. The molecular formula is C33H55N7O12S. The van der Waals surface area contributed by atoms with Gasteiger partial charge in [0, 0.05) is 51.8 Å². The number of carbonyl (C=O) groups excluding carboxylic acids is 8. The van der Waals surface area contributed by atoms with Crippen molar-refractivity contribution in [2.24, 2.45) is 11.7 Å². The third-order valence-corrected chi connectivity index (χ3v) is 9.35. The van der Waals surface area contributed by atoms with E-state index in [2.05, 4.69) is 26.6 Å². The van der Waals surface area contributed by atoms with E-state index in [4.69, 9.17) is 20.3 Å². The highest BCUT2D eigenvalue weighted by Gasteiger charge is 2.38. The predicted molar refractivity (Wildman–Crippen MR) is 192 cm³/mol. The van der Waals surface area contributed by atoms with Crippen LogP contribution in [0.15, 0.2) is 0 Å². The van der Waals surface area contributed by atoms with Crippen molar-refractivity contribution in [3.63, 3.8) is 0 Å². The Balaban J connectivity index is 2.34. The maximum atomic E-state index is 12.8. The smallest absolute Gasteiger partial charge is 0.305 e. The zero-order chi connectivity index (χ0) is 40.3. The van der Waals surface area contributed by atoms with Crippen LogP contribution in [0.2, 0.25) is 0 Å². The summed E-state index contributed by atoms with van der Waals surface area (Å²) in [6, 6.07) is -2.66. The van der Waals surface area contributed by atoms with Crippen LogP contribution in [0.5, 0.6) is 0 Å². The maximum Gasteiger partial charge on any atom is 0.305 e. The first kappa shape index (κ1) is 46.7. The number of carbonyl (C=O) groups is 9. The number of ether oxygens (including phenoxy) is 2. The van der Waals surface area contributed by atoms with Crippen LogP contribution in [0.4, 0.5) is 0 Å². The topological polar surface area (TPSA) is 282 Å². The van der Waals surface area contributed by atoms with Crippen LogP contribution >= 0.6 is 11.8 Å². The molecule has 19 nitrogen and oxygen atoms in total. The van der Waals surface area contributed by atoms with Crippen molar-refractivity contribution in [1.82, 2.24) is 31.5 Å². The van der Waals surface area contributed by atoms with E-state index in [1.54, 1.807) is 21.0 Å². The first-order chi connectivity index (χ1) is 24.8. The number of hydrogen-bond donors (Lipinski definition) is 7. The average Bonchev–Trinajstić information content (AvgIpc) is 3.34. The average molecular weight is 774 g/mol. The molecule has 1 aliphatic rings. The van der Waals surface area contributed by atoms with E-state index in [0.29, 0.717) is 19.6 Å². The molecule has 0 spiro atoms. The van der Waals surface area contributed by atoms with Gasteiger partial charge in [-0.3, -0.25) is 48.1 Å². The highest BCUT2D eigenvalue weighted by atomic mass is 32.2. The number of carboxylic acids is 1. The van der Waals surface area contributed by atoms with E-state index in [1.807, 2.05) is 20.8 Å². The van der Waals surface area contributed by atoms with Gasteiger partial charge in [0.15, 0.2) is 0 Å². The van der Waals surface area contributed by atoms with Crippen LogP contribution in [-0.4, -0.2) is 138 Å². The number of primary amides is 1. The molecule has 20 heteroatoms. The number of nitrogens with one attached hydrogen (secondary N) is 5. The van der Waals surface area contributed by atoms with Crippen molar-refractivity contribution in [3.8, 4) is 0 Å². The number of methoxy groups -OCH3 is 1. The minimum atomic E-state index is -1.49. The number of nitrogens with zero attached hydrogens (tertiary/aromatic N) is 1. The fraction of sp³-hybridized carbons (Fsp3) is 0.727. The number of aliphatic carboxylic acids is 1. The van der Waals surface area contributed by atoms with Gasteiger partial charge in [0.1, 0.15) is 12.1 Å². The number of carboxylic acid groups (broad SMARTS) is 1. The molecule has 1 fully saturated rings. The molecule has 1 rings (SSSR count). The molecular weight excluding hydrogens is 718 g/mol. The number of thioether (sulfide) groups is 1. The molecule has 300 valence electrons. The van der Waals surface area contributed by atoms with Crippen molar-refractivity contribution >= 4 is 65.0 Å². The first-order valence-electron chi connectivity index (χ1n) is 17.3. The Kier molecular flexibility index (Phi) is 20.6. The predicted octanol–water partition coefficient (Wildman–Crippen LogP) is -1.83. The number of likely N-dealkylation sites (tertiary alicyclic amines) is 1. The Labute approximate surface area is 313 Å². The molecule has 53 heavy (non-hydrogen) atoms. The summed E-state index contributed by atoms with van der Waals surface area (Å²) in [4.78, 5) is 110. The van der Waals surface area contributed by atoms with Gasteiger partial charge >= 0.3 is 5.97 Å². The van der Waals surface area contributed by atoms with Gasteiger partial charge < -0.3 is 46.9 Å². The van der Waals surface area contributed by atoms with Gasteiger partial charge in [0.25, 0.3) is 0 Å². The van der Waals surface area contributed by atoms with Gasteiger partial charge in [-0.05, 0) is 39.5 Å². The SMILES string of the molecule is COC(C)(C)CCOC(C)CCNC(=O)CCN1C(=O)CC(SCCC(=O)NCC(=O)NCC(=O)NC(C(=O)NC(CC(=O)O)C(N)=O)C(C)C)C1=O. The minimum Gasteiger partial charge on any atom is -0.481 e. The van der Waals surface area contributed by atoms with E-state index in [-0.39, 0.29) is 49.2 Å². The molecule has 1 heterocycles. The second-order valence-corrected chi connectivity index (χ2v) is 14.7. The summed E-state index contributed by atoms with van der Waals surface area (Å²) < 4.78 is 11.1. The Morgan fingerprint density at radius 2 is 1.57 bits per heavy atom. The van der Waals surface area contributed by atoms with E-state index in [1.165, 1.54) is 0 Å². The number of amides is 8.